The molecule has 0 aromatic heterocycles. The Hall–Kier alpha value is 0.790. The fourth-order valence-corrected chi connectivity index (χ4v) is 23.7. The van der Waals surface area contributed by atoms with Gasteiger partial charge in [-0.15, -0.1) is 0 Å². The summed E-state index contributed by atoms with van der Waals surface area (Å²) in [4.78, 5) is 0. The van der Waals surface area contributed by atoms with Crippen LogP contribution in [-0.2, 0) is 0 Å². The fraction of sp³-hybridized carbons (Fsp3) is 1.00. The van der Waals surface area contributed by atoms with Gasteiger partial charge < -0.3 is 0 Å². The Balaban J connectivity index is 5.51. The summed E-state index contributed by atoms with van der Waals surface area (Å²) < 4.78 is 4.10. The molecular weight excluding hydrogens is 320 g/mol. The third kappa shape index (κ3) is 3.42. The molecule has 0 bridgehead atoms. The maximum absolute atomic E-state index is 2.58. The Morgan fingerprint density at radius 3 is 0.824 bits per heavy atom. The predicted molar refractivity (Wildman–Crippen MR) is 84.6 cm³/mol. The second-order valence-electron chi connectivity index (χ2n) is 5.69. The third-order valence-corrected chi connectivity index (χ3v) is 24.8. The molecule has 0 saturated heterocycles. The Kier molecular flexibility index (Phi) is 8.43. The summed E-state index contributed by atoms with van der Waals surface area (Å²) in [6.45, 7) is 20.0. The Morgan fingerprint density at radius 1 is 0.529 bits per heavy atom. The Labute approximate surface area is 115 Å². The summed E-state index contributed by atoms with van der Waals surface area (Å²) in [5, 5.41) is 0. The van der Waals surface area contributed by atoms with Crippen molar-refractivity contribution < 1.29 is 0 Å². The van der Waals surface area contributed by atoms with Crippen LogP contribution in [0.2, 0.25) is 15.9 Å². The maximum atomic E-state index is 2.58. The van der Waals surface area contributed by atoms with Crippen LogP contribution in [0.3, 0.4) is 0 Å². The van der Waals surface area contributed by atoms with Crippen molar-refractivity contribution in [2.24, 2.45) is 0 Å². The van der Waals surface area contributed by atoms with E-state index in [0.29, 0.717) is 0 Å². The van der Waals surface area contributed by atoms with Gasteiger partial charge in [0.15, 0.2) is 0 Å². The van der Waals surface area contributed by atoms with Crippen molar-refractivity contribution in [3.8, 4) is 0 Å². The molecule has 0 fully saturated rings. The molecule has 17 heavy (non-hydrogen) atoms. The van der Waals surface area contributed by atoms with Crippen molar-refractivity contribution in [2.75, 3.05) is 0 Å². The fourth-order valence-electron chi connectivity index (χ4n) is 3.53. The molecule has 0 aliphatic carbocycles. The molecule has 0 aromatic rings. The van der Waals surface area contributed by atoms with E-state index in [9.17, 15) is 0 Å². The van der Waals surface area contributed by atoms with E-state index in [1.807, 2.05) is 0 Å². The Morgan fingerprint density at radius 2 is 0.706 bits per heavy atom. The van der Waals surface area contributed by atoms with Crippen molar-refractivity contribution in [3.63, 3.8) is 0 Å². The van der Waals surface area contributed by atoms with E-state index in [0.717, 1.165) is 15.9 Å². The van der Waals surface area contributed by atoms with E-state index in [2.05, 4.69) is 55.4 Å². The second kappa shape index (κ2) is 8.06. The first kappa shape index (κ1) is 17.8. The van der Waals surface area contributed by atoms with E-state index in [1.54, 1.807) is 0 Å². The SMILES string of the molecule is CCC(C)[Te](C(C)CC)(C(C)CC)C(C)CC. The van der Waals surface area contributed by atoms with Crippen LogP contribution >= 0.6 is 0 Å². The standard InChI is InChI=1S/C16H36Te/c1-9-13(5)17(14(6)10-2,15(7)11-3)16(8)12-4/h13-16H,9-12H2,1-8H3. The summed E-state index contributed by atoms with van der Waals surface area (Å²) in [6.07, 6.45) is 5.61. The van der Waals surface area contributed by atoms with Crippen LogP contribution in [0.1, 0.15) is 81.1 Å². The molecule has 0 aliphatic heterocycles. The first-order valence-corrected chi connectivity index (χ1v) is 13.1. The molecule has 0 radical (unpaired) electrons. The molecule has 1 heteroatoms. The molecular formula is C16H36Te. The van der Waals surface area contributed by atoms with Gasteiger partial charge in [0.25, 0.3) is 0 Å². The molecule has 0 amide bonds. The van der Waals surface area contributed by atoms with Crippen molar-refractivity contribution in [1.82, 2.24) is 0 Å². The van der Waals surface area contributed by atoms with Crippen LogP contribution in [0.15, 0.2) is 0 Å². The predicted octanol–water partition coefficient (Wildman–Crippen LogP) is 6.64. The average molecular weight is 356 g/mol. The molecule has 0 saturated carbocycles. The summed E-state index contributed by atoms with van der Waals surface area (Å²) in [5.74, 6) is 0. The zero-order valence-corrected chi connectivity index (χ0v) is 15.9. The zero-order valence-electron chi connectivity index (χ0n) is 13.5. The topological polar surface area (TPSA) is 0 Å². The first-order chi connectivity index (χ1) is 7.93. The van der Waals surface area contributed by atoms with E-state index >= 15 is 0 Å². The first-order valence-electron chi connectivity index (χ1n) is 7.71. The van der Waals surface area contributed by atoms with Gasteiger partial charge >= 0.3 is 115 Å². The van der Waals surface area contributed by atoms with E-state index in [4.69, 9.17) is 0 Å². The summed E-state index contributed by atoms with van der Waals surface area (Å²) in [6, 6.07) is 0. The number of rotatable bonds is 8. The molecule has 0 heterocycles. The molecule has 106 valence electrons. The molecule has 0 N–H and O–H groups in total. The van der Waals surface area contributed by atoms with Crippen LogP contribution in [0.4, 0.5) is 0 Å². The van der Waals surface area contributed by atoms with Gasteiger partial charge in [0, 0.05) is 0 Å². The zero-order chi connectivity index (χ0) is 13.6. The third-order valence-electron chi connectivity index (χ3n) is 5.09. The van der Waals surface area contributed by atoms with Gasteiger partial charge in [0.1, 0.15) is 0 Å². The van der Waals surface area contributed by atoms with Gasteiger partial charge in [-0.2, -0.15) is 0 Å². The van der Waals surface area contributed by atoms with Crippen LogP contribution in [0.25, 0.3) is 0 Å². The van der Waals surface area contributed by atoms with Crippen LogP contribution in [-0.4, -0.2) is 18.2 Å². The quantitative estimate of drug-likeness (QED) is 0.428. The van der Waals surface area contributed by atoms with Crippen LogP contribution in [0.5, 0.6) is 0 Å². The monoisotopic (exact) mass is 358 g/mol. The van der Waals surface area contributed by atoms with E-state index in [1.165, 1.54) is 25.7 Å². The summed E-state index contributed by atoms with van der Waals surface area (Å²) in [7, 11) is 0. The molecule has 4 atom stereocenters. The number of hydrogen-bond donors (Lipinski definition) is 0. The van der Waals surface area contributed by atoms with Gasteiger partial charge in [0.05, 0.1) is 0 Å². The molecule has 0 aromatic carbocycles. The van der Waals surface area contributed by atoms with Gasteiger partial charge in [-0.25, -0.2) is 0 Å². The minimum atomic E-state index is -1.85. The van der Waals surface area contributed by atoms with Crippen molar-refractivity contribution >= 4 is 18.2 Å². The van der Waals surface area contributed by atoms with Crippen molar-refractivity contribution in [1.29, 1.82) is 0 Å². The van der Waals surface area contributed by atoms with Gasteiger partial charge in [-0.3, -0.25) is 0 Å². The minimum absolute atomic E-state index is 1.03. The molecule has 0 nitrogen and oxygen atoms in total. The van der Waals surface area contributed by atoms with Crippen molar-refractivity contribution in [2.45, 2.75) is 96.9 Å². The molecule has 0 rings (SSSR count). The molecule has 4 unspecified atom stereocenters. The van der Waals surface area contributed by atoms with Crippen LogP contribution < -0.4 is 0 Å². The molecule has 0 spiro atoms. The Bertz CT molecular complexity index is 154. The summed E-state index contributed by atoms with van der Waals surface area (Å²) in [5.41, 5.74) is 0. The van der Waals surface area contributed by atoms with E-state index in [-0.39, 0.29) is 0 Å². The number of hydrogen-bond acceptors (Lipinski definition) is 0. The van der Waals surface area contributed by atoms with E-state index < -0.39 is 18.2 Å². The van der Waals surface area contributed by atoms with Crippen molar-refractivity contribution in [3.05, 3.63) is 0 Å². The van der Waals surface area contributed by atoms with Gasteiger partial charge in [0.2, 0.25) is 0 Å². The average Bonchev–Trinajstić information content (AvgIpc) is 2.37. The van der Waals surface area contributed by atoms with Gasteiger partial charge in [-0.05, 0) is 0 Å². The van der Waals surface area contributed by atoms with Gasteiger partial charge in [-0.1, -0.05) is 0 Å². The summed E-state index contributed by atoms with van der Waals surface area (Å²) >= 11 is -1.85. The van der Waals surface area contributed by atoms with Crippen LogP contribution in [0, 0.1) is 0 Å². The second-order valence-corrected chi connectivity index (χ2v) is 19.5. The normalized spacial score (nSPS) is 24.5. The molecule has 0 aliphatic rings.